The van der Waals surface area contributed by atoms with Crippen LogP contribution in [-0.2, 0) is 16.6 Å². The molecule has 6 nitrogen and oxygen atoms in total. The lowest BCUT2D eigenvalue weighted by molar-refractivity contribution is -0.122. The fourth-order valence-corrected chi connectivity index (χ4v) is 5.91. The molecule has 3 N–H and O–H groups in total. The predicted octanol–water partition coefficient (Wildman–Crippen LogP) is 3.71. The van der Waals surface area contributed by atoms with Crippen molar-refractivity contribution in [2.24, 2.45) is 11.7 Å². The monoisotopic (exact) mass is 431 g/mol. The van der Waals surface area contributed by atoms with Gasteiger partial charge in [-0.25, -0.2) is 4.98 Å². The highest BCUT2D eigenvalue weighted by atomic mass is 79.9. The van der Waals surface area contributed by atoms with Gasteiger partial charge in [-0.05, 0) is 67.3 Å². The summed E-state index contributed by atoms with van der Waals surface area (Å²) in [4.78, 5) is 16.6. The van der Waals surface area contributed by atoms with Crippen molar-refractivity contribution in [2.45, 2.75) is 75.7 Å². The third-order valence-corrected chi connectivity index (χ3v) is 7.65. The lowest BCUT2D eigenvalue weighted by atomic mass is 9.83. The van der Waals surface area contributed by atoms with E-state index in [1.807, 2.05) is 10.7 Å². The van der Waals surface area contributed by atoms with Crippen molar-refractivity contribution in [3.63, 3.8) is 0 Å². The Morgan fingerprint density at radius 1 is 1.22 bits per heavy atom. The number of amides is 1. The van der Waals surface area contributed by atoms with Crippen molar-refractivity contribution in [2.75, 3.05) is 5.32 Å². The fraction of sp³-hybridized carbons (Fsp3) is 0.650. The highest BCUT2D eigenvalue weighted by Crippen LogP contribution is 2.51. The van der Waals surface area contributed by atoms with Crippen LogP contribution in [0.5, 0.6) is 0 Å². The highest BCUT2D eigenvalue weighted by Gasteiger charge is 2.44. The van der Waals surface area contributed by atoms with Gasteiger partial charge in [0.25, 0.3) is 0 Å². The second-order valence-corrected chi connectivity index (χ2v) is 9.45. The van der Waals surface area contributed by atoms with Gasteiger partial charge < -0.3 is 11.1 Å². The Labute approximate surface area is 167 Å². The van der Waals surface area contributed by atoms with Gasteiger partial charge in [0.15, 0.2) is 5.65 Å². The van der Waals surface area contributed by atoms with E-state index < -0.39 is 0 Å². The van der Waals surface area contributed by atoms with E-state index in [9.17, 15) is 4.79 Å². The summed E-state index contributed by atoms with van der Waals surface area (Å²) in [5, 5.41) is 8.38. The van der Waals surface area contributed by atoms with Crippen LogP contribution in [0.15, 0.2) is 10.7 Å². The van der Waals surface area contributed by atoms with Crippen molar-refractivity contribution in [1.29, 1.82) is 0 Å². The molecule has 0 aromatic carbocycles. The zero-order valence-electron chi connectivity index (χ0n) is 15.5. The van der Waals surface area contributed by atoms with Gasteiger partial charge in [0.2, 0.25) is 5.91 Å². The maximum Gasteiger partial charge on any atom is 0.220 e. The SMILES string of the molecule is NC(=O)C1CCC(Nc2c3c(nc4c(Br)cnn24)C2(CCCC2)CC3)CC1. The van der Waals surface area contributed by atoms with Crippen molar-refractivity contribution in [3.05, 3.63) is 21.9 Å². The summed E-state index contributed by atoms with van der Waals surface area (Å²) in [6.45, 7) is 0. The molecule has 0 bridgehead atoms. The van der Waals surface area contributed by atoms with Crippen LogP contribution < -0.4 is 11.1 Å². The molecule has 3 aliphatic rings. The Morgan fingerprint density at radius 3 is 2.67 bits per heavy atom. The molecular formula is C20H26BrN5O. The third kappa shape index (κ3) is 2.77. The van der Waals surface area contributed by atoms with Gasteiger partial charge >= 0.3 is 0 Å². The van der Waals surface area contributed by atoms with E-state index in [0.29, 0.717) is 6.04 Å². The molecule has 2 saturated carbocycles. The number of nitrogens with one attached hydrogen (secondary N) is 1. The summed E-state index contributed by atoms with van der Waals surface area (Å²) in [5.74, 6) is 0.999. The average molecular weight is 432 g/mol. The first-order valence-electron chi connectivity index (χ1n) is 10.2. The first-order valence-corrected chi connectivity index (χ1v) is 11.0. The predicted molar refractivity (Wildman–Crippen MR) is 108 cm³/mol. The number of primary amides is 1. The second kappa shape index (κ2) is 6.47. The number of nitrogens with zero attached hydrogens (tertiary/aromatic N) is 3. The quantitative estimate of drug-likeness (QED) is 0.775. The molecule has 1 spiro atoms. The highest BCUT2D eigenvalue weighted by molar-refractivity contribution is 9.10. The second-order valence-electron chi connectivity index (χ2n) is 8.60. The number of hydrogen-bond donors (Lipinski definition) is 2. The normalized spacial score (nSPS) is 26.6. The first-order chi connectivity index (χ1) is 13.1. The number of anilines is 1. The van der Waals surface area contributed by atoms with E-state index in [-0.39, 0.29) is 17.2 Å². The standard InChI is InChI=1S/C20H26BrN5O/c21-15-11-23-26-18(24-13-5-3-12(4-6-13)17(22)27)14-7-10-20(8-1-2-9-20)16(14)25-19(15)26/h11-13,24H,1-10H2,(H2,22,27). The molecule has 3 aliphatic carbocycles. The Morgan fingerprint density at radius 2 is 1.96 bits per heavy atom. The van der Waals surface area contributed by atoms with Gasteiger partial charge in [-0.3, -0.25) is 4.79 Å². The van der Waals surface area contributed by atoms with E-state index in [0.717, 1.165) is 48.0 Å². The zero-order chi connectivity index (χ0) is 18.6. The molecule has 2 aromatic heterocycles. The van der Waals surface area contributed by atoms with Crippen LogP contribution in [0.25, 0.3) is 5.65 Å². The number of nitrogens with two attached hydrogens (primary N) is 1. The molecule has 0 saturated heterocycles. The van der Waals surface area contributed by atoms with Gasteiger partial charge in [0.1, 0.15) is 5.82 Å². The Hall–Kier alpha value is -1.63. The van der Waals surface area contributed by atoms with Crippen molar-refractivity contribution in [3.8, 4) is 0 Å². The van der Waals surface area contributed by atoms with Gasteiger partial charge in [-0.2, -0.15) is 9.61 Å². The van der Waals surface area contributed by atoms with E-state index in [4.69, 9.17) is 10.7 Å². The molecule has 2 aromatic rings. The van der Waals surface area contributed by atoms with Crippen LogP contribution in [0.4, 0.5) is 5.82 Å². The fourth-order valence-electron chi connectivity index (χ4n) is 5.56. The summed E-state index contributed by atoms with van der Waals surface area (Å²) in [5.41, 5.74) is 9.35. The molecule has 2 fully saturated rings. The van der Waals surface area contributed by atoms with Gasteiger partial charge in [-0.15, -0.1) is 0 Å². The van der Waals surface area contributed by atoms with E-state index in [2.05, 4.69) is 26.3 Å². The lowest BCUT2D eigenvalue weighted by Gasteiger charge is -2.29. The molecule has 144 valence electrons. The average Bonchev–Trinajstić information content (AvgIpc) is 3.38. The molecule has 0 radical (unpaired) electrons. The smallest absolute Gasteiger partial charge is 0.220 e. The van der Waals surface area contributed by atoms with Crippen LogP contribution in [0, 0.1) is 5.92 Å². The number of rotatable bonds is 3. The van der Waals surface area contributed by atoms with Crippen molar-refractivity contribution < 1.29 is 4.79 Å². The van der Waals surface area contributed by atoms with E-state index in [1.54, 1.807) is 0 Å². The minimum absolute atomic E-state index is 0.0341. The van der Waals surface area contributed by atoms with Gasteiger partial charge in [-0.1, -0.05) is 12.8 Å². The Balaban J connectivity index is 1.52. The molecule has 0 aliphatic heterocycles. The summed E-state index contributed by atoms with van der Waals surface area (Å²) in [6.07, 6.45) is 13.0. The molecule has 0 atom stereocenters. The maximum absolute atomic E-state index is 11.5. The molecule has 1 amide bonds. The topological polar surface area (TPSA) is 85.3 Å². The number of halogens is 1. The molecule has 27 heavy (non-hydrogen) atoms. The van der Waals surface area contributed by atoms with Crippen LogP contribution in [0.1, 0.15) is 69.0 Å². The lowest BCUT2D eigenvalue weighted by Crippen LogP contribution is -2.33. The van der Waals surface area contributed by atoms with Crippen LogP contribution in [-0.4, -0.2) is 26.5 Å². The maximum atomic E-state index is 11.5. The number of aromatic nitrogens is 3. The van der Waals surface area contributed by atoms with Crippen molar-refractivity contribution >= 4 is 33.3 Å². The van der Waals surface area contributed by atoms with Crippen LogP contribution in [0.3, 0.4) is 0 Å². The first kappa shape index (κ1) is 17.5. The third-order valence-electron chi connectivity index (χ3n) is 7.09. The number of fused-ring (bicyclic) bond motifs is 3. The molecular weight excluding hydrogens is 406 g/mol. The minimum Gasteiger partial charge on any atom is -0.369 e. The van der Waals surface area contributed by atoms with Crippen LogP contribution >= 0.6 is 15.9 Å². The largest absolute Gasteiger partial charge is 0.369 e. The number of hydrogen-bond acceptors (Lipinski definition) is 4. The Kier molecular flexibility index (Phi) is 4.18. The summed E-state index contributed by atoms with van der Waals surface area (Å²) < 4.78 is 2.92. The zero-order valence-corrected chi connectivity index (χ0v) is 17.1. The van der Waals surface area contributed by atoms with Gasteiger partial charge in [0.05, 0.1) is 16.4 Å². The molecule has 0 unspecified atom stereocenters. The molecule has 5 rings (SSSR count). The number of carbonyl (C=O) groups excluding carboxylic acids is 1. The summed E-state index contributed by atoms with van der Waals surface area (Å²) >= 11 is 3.63. The van der Waals surface area contributed by atoms with E-state index >= 15 is 0 Å². The molecule has 7 heteroatoms. The summed E-state index contributed by atoms with van der Waals surface area (Å²) in [6, 6.07) is 0.360. The van der Waals surface area contributed by atoms with Crippen LogP contribution in [0.2, 0.25) is 0 Å². The van der Waals surface area contributed by atoms with Gasteiger partial charge in [0, 0.05) is 22.9 Å². The number of carbonyl (C=O) groups is 1. The van der Waals surface area contributed by atoms with Crippen molar-refractivity contribution in [1.82, 2.24) is 14.6 Å². The molecule has 2 heterocycles. The Bertz CT molecular complexity index is 893. The summed E-state index contributed by atoms with van der Waals surface area (Å²) in [7, 11) is 0. The van der Waals surface area contributed by atoms with E-state index in [1.165, 1.54) is 43.4 Å². The minimum atomic E-state index is -0.153.